The third kappa shape index (κ3) is 22.9. The number of halogens is 1. The van der Waals surface area contributed by atoms with Crippen LogP contribution in [0, 0.1) is 0 Å². The first kappa shape index (κ1) is 32.4. The summed E-state index contributed by atoms with van der Waals surface area (Å²) < 4.78 is 1.24. The summed E-state index contributed by atoms with van der Waals surface area (Å²) >= 11 is 0. The molecule has 0 atom stereocenters. The molecule has 0 saturated carbocycles. The Morgan fingerprint density at radius 2 is 0.700 bits per heavy atom. The summed E-state index contributed by atoms with van der Waals surface area (Å²) in [5, 5.41) is 9.16. The first-order valence-electron chi connectivity index (χ1n) is 13.6. The minimum atomic E-state index is 0. The van der Waals surface area contributed by atoms with Crippen LogP contribution in [-0.2, 0) is 0 Å². The lowest BCUT2D eigenvalue weighted by Gasteiger charge is -2.35. The van der Waals surface area contributed by atoms with Crippen molar-refractivity contribution in [1.82, 2.24) is 0 Å². The second kappa shape index (κ2) is 25.5. The number of quaternary nitrogens is 1. The van der Waals surface area contributed by atoms with Crippen LogP contribution in [0.2, 0.25) is 0 Å². The van der Waals surface area contributed by atoms with Crippen LogP contribution in [0.4, 0.5) is 0 Å². The van der Waals surface area contributed by atoms with Gasteiger partial charge in [0, 0.05) is 6.61 Å². The van der Waals surface area contributed by atoms with Gasteiger partial charge in [-0.15, -0.1) is 0 Å². The van der Waals surface area contributed by atoms with E-state index in [1.807, 2.05) is 0 Å². The Morgan fingerprint density at radius 3 is 1.00 bits per heavy atom. The zero-order chi connectivity index (χ0) is 21.5. The van der Waals surface area contributed by atoms with Crippen molar-refractivity contribution in [3.05, 3.63) is 0 Å². The van der Waals surface area contributed by atoms with Crippen molar-refractivity contribution in [2.75, 3.05) is 33.3 Å². The normalized spacial score (nSPS) is 11.6. The fraction of sp³-hybridized carbons (Fsp3) is 1.00. The molecule has 0 aromatic rings. The van der Waals surface area contributed by atoms with Gasteiger partial charge in [-0.05, 0) is 38.5 Å². The maximum absolute atomic E-state index is 9.16. The summed E-state index contributed by atoms with van der Waals surface area (Å²) in [4.78, 5) is 0. The molecule has 0 aromatic heterocycles. The van der Waals surface area contributed by atoms with Gasteiger partial charge in [-0.1, -0.05) is 104 Å². The van der Waals surface area contributed by atoms with Crippen molar-refractivity contribution >= 4 is 0 Å². The van der Waals surface area contributed by atoms with E-state index >= 15 is 0 Å². The second-order valence-corrected chi connectivity index (χ2v) is 9.88. The fourth-order valence-electron chi connectivity index (χ4n) is 4.55. The van der Waals surface area contributed by atoms with Crippen LogP contribution in [0.1, 0.15) is 142 Å². The monoisotopic (exact) mass is 447 g/mol. The van der Waals surface area contributed by atoms with Crippen LogP contribution < -0.4 is 12.4 Å². The minimum Gasteiger partial charge on any atom is -1.00 e. The van der Waals surface area contributed by atoms with Gasteiger partial charge in [0.05, 0.1) is 26.7 Å². The van der Waals surface area contributed by atoms with Crippen molar-refractivity contribution in [3.8, 4) is 0 Å². The summed E-state index contributed by atoms with van der Waals surface area (Å²) in [6, 6.07) is 0. The first-order chi connectivity index (χ1) is 14.2. The summed E-state index contributed by atoms with van der Waals surface area (Å²) in [5.41, 5.74) is 0. The number of aliphatic hydroxyl groups is 1. The third-order valence-corrected chi connectivity index (χ3v) is 6.71. The largest absolute Gasteiger partial charge is 1.00 e. The average Bonchev–Trinajstić information content (AvgIpc) is 2.72. The summed E-state index contributed by atoms with van der Waals surface area (Å²) in [5.74, 6) is 0. The molecule has 0 radical (unpaired) electrons. The van der Waals surface area contributed by atoms with Gasteiger partial charge >= 0.3 is 0 Å². The number of nitrogens with zero attached hydrogens (tertiary/aromatic N) is 1. The molecule has 3 heteroatoms. The molecular weight excluding hydrogens is 390 g/mol. The van der Waals surface area contributed by atoms with Crippen molar-refractivity contribution in [2.24, 2.45) is 0 Å². The Balaban J connectivity index is 0. The molecule has 184 valence electrons. The Hall–Kier alpha value is 0.210. The molecule has 0 unspecified atom stereocenters. The lowest BCUT2D eigenvalue weighted by Crippen LogP contribution is -3.00. The predicted molar refractivity (Wildman–Crippen MR) is 132 cm³/mol. The maximum atomic E-state index is 9.16. The maximum Gasteiger partial charge on any atom is 0.0785 e. The van der Waals surface area contributed by atoms with Crippen molar-refractivity contribution in [2.45, 2.75) is 142 Å². The van der Waals surface area contributed by atoms with Gasteiger partial charge in [0.2, 0.25) is 0 Å². The highest BCUT2D eigenvalue weighted by Crippen LogP contribution is 2.16. The van der Waals surface area contributed by atoms with Gasteiger partial charge in [0.25, 0.3) is 0 Å². The highest BCUT2D eigenvalue weighted by atomic mass is 35.5. The summed E-state index contributed by atoms with van der Waals surface area (Å²) in [6.45, 7) is 8.90. The Morgan fingerprint density at radius 1 is 0.433 bits per heavy atom. The van der Waals surface area contributed by atoms with E-state index in [2.05, 4.69) is 20.9 Å². The molecule has 0 aromatic carbocycles. The van der Waals surface area contributed by atoms with E-state index < -0.39 is 0 Å². The van der Waals surface area contributed by atoms with Crippen LogP contribution in [0.15, 0.2) is 0 Å². The van der Waals surface area contributed by atoms with E-state index in [1.54, 1.807) is 0 Å². The molecule has 0 heterocycles. The lowest BCUT2D eigenvalue weighted by molar-refractivity contribution is -0.910. The van der Waals surface area contributed by atoms with Gasteiger partial charge in [0.15, 0.2) is 0 Å². The van der Waals surface area contributed by atoms with E-state index in [0.29, 0.717) is 6.61 Å². The van der Waals surface area contributed by atoms with E-state index in [9.17, 15) is 0 Å². The number of aliphatic hydroxyl groups excluding tert-OH is 1. The molecule has 0 rings (SSSR count). The molecule has 0 aliphatic carbocycles. The number of hydrogen-bond acceptors (Lipinski definition) is 1. The van der Waals surface area contributed by atoms with E-state index in [-0.39, 0.29) is 12.4 Å². The van der Waals surface area contributed by atoms with E-state index in [1.165, 1.54) is 146 Å². The smallest absolute Gasteiger partial charge is 0.0785 e. The average molecular weight is 448 g/mol. The van der Waals surface area contributed by atoms with Gasteiger partial charge < -0.3 is 22.0 Å². The van der Waals surface area contributed by atoms with Crippen molar-refractivity contribution < 1.29 is 22.0 Å². The molecule has 0 amide bonds. The lowest BCUT2D eigenvalue weighted by atomic mass is 10.1. The molecule has 0 fully saturated rings. The molecule has 1 N–H and O–H groups in total. The molecule has 2 nitrogen and oxygen atoms in total. The highest BCUT2D eigenvalue weighted by molar-refractivity contribution is 4.51. The standard InChI is InChI=1S/C27H58NO.ClH/c1-4-6-8-10-12-14-16-18-20-24-28(3,26-22-23-27-29)25-21-19-17-15-13-11-9-7-5-2;/h29H,4-27H2,1-3H3;1H/q+1;/p-1. The third-order valence-electron chi connectivity index (χ3n) is 6.71. The van der Waals surface area contributed by atoms with E-state index in [4.69, 9.17) is 5.11 Å². The van der Waals surface area contributed by atoms with Crippen molar-refractivity contribution in [1.29, 1.82) is 0 Å². The van der Waals surface area contributed by atoms with Gasteiger partial charge in [-0.2, -0.15) is 0 Å². The van der Waals surface area contributed by atoms with Crippen LogP contribution in [0.3, 0.4) is 0 Å². The molecular formula is C27H58ClNO. The Labute approximate surface area is 197 Å². The van der Waals surface area contributed by atoms with Crippen LogP contribution in [-0.4, -0.2) is 42.9 Å². The predicted octanol–water partition coefficient (Wildman–Crippen LogP) is 5.27. The quantitative estimate of drug-likeness (QED) is 0.158. The molecule has 30 heavy (non-hydrogen) atoms. The number of rotatable bonds is 24. The highest BCUT2D eigenvalue weighted by Gasteiger charge is 2.20. The van der Waals surface area contributed by atoms with Crippen LogP contribution in [0.25, 0.3) is 0 Å². The zero-order valence-corrected chi connectivity index (χ0v) is 22.0. The fourth-order valence-corrected chi connectivity index (χ4v) is 4.55. The zero-order valence-electron chi connectivity index (χ0n) is 21.2. The van der Waals surface area contributed by atoms with Crippen LogP contribution in [0.5, 0.6) is 0 Å². The van der Waals surface area contributed by atoms with E-state index in [0.717, 1.165) is 6.42 Å². The number of unbranched alkanes of at least 4 members (excludes halogenated alkanes) is 17. The molecule has 0 saturated heterocycles. The topological polar surface area (TPSA) is 20.2 Å². The van der Waals surface area contributed by atoms with Crippen LogP contribution >= 0.6 is 0 Å². The van der Waals surface area contributed by atoms with Gasteiger partial charge in [-0.3, -0.25) is 0 Å². The minimum absolute atomic E-state index is 0. The molecule has 0 aliphatic heterocycles. The Bertz CT molecular complexity index is 289. The number of hydrogen-bond donors (Lipinski definition) is 1. The first-order valence-corrected chi connectivity index (χ1v) is 13.6. The molecule has 0 bridgehead atoms. The molecule has 0 spiro atoms. The summed E-state index contributed by atoms with van der Waals surface area (Å²) in [7, 11) is 2.48. The SMILES string of the molecule is CCCCCCCCCCC[N+](C)(CCCCO)CCCCCCCCCCC.[Cl-]. The van der Waals surface area contributed by atoms with Gasteiger partial charge in [0.1, 0.15) is 0 Å². The molecule has 0 aliphatic rings. The Kier molecular flexibility index (Phi) is 27.5. The summed E-state index contributed by atoms with van der Waals surface area (Å²) in [6.07, 6.45) is 27.7. The van der Waals surface area contributed by atoms with Crippen molar-refractivity contribution in [3.63, 3.8) is 0 Å². The second-order valence-electron chi connectivity index (χ2n) is 9.88. The van der Waals surface area contributed by atoms with Gasteiger partial charge in [-0.25, -0.2) is 0 Å².